The van der Waals surface area contributed by atoms with Gasteiger partial charge in [0.05, 0.1) is 50.1 Å². The van der Waals surface area contributed by atoms with Crippen LogP contribution in [0.4, 0.5) is 9.59 Å². The Balaban J connectivity index is 1.38. The Kier molecular flexibility index (Phi) is 15.1. The van der Waals surface area contributed by atoms with E-state index >= 15 is 0 Å². The van der Waals surface area contributed by atoms with Gasteiger partial charge in [-0.15, -0.1) is 0 Å². The molecule has 14 heteroatoms. The number of benzene rings is 3. The van der Waals surface area contributed by atoms with Crippen molar-refractivity contribution < 1.29 is 28.7 Å². The second-order valence-corrected chi connectivity index (χ2v) is 15.8. The number of imidazole rings is 2. The molecule has 60 heavy (non-hydrogen) atoms. The molecule has 2 heterocycles. The number of rotatable bonds is 17. The summed E-state index contributed by atoms with van der Waals surface area (Å²) in [5.74, 6) is 0.624. The number of hydrogen-bond acceptors (Lipinski definition) is 8. The summed E-state index contributed by atoms with van der Waals surface area (Å²) in [5.41, 5.74) is 5.69. The van der Waals surface area contributed by atoms with Crippen molar-refractivity contribution >= 4 is 34.8 Å². The number of nitrogens with zero attached hydrogens (tertiary/aromatic N) is 4. The van der Waals surface area contributed by atoms with Crippen LogP contribution in [0.15, 0.2) is 73.1 Å². The molecule has 0 unspecified atom stereocenters. The van der Waals surface area contributed by atoms with Crippen LogP contribution in [0.1, 0.15) is 92.0 Å². The number of methoxy groups -OCH3 is 2. The predicted molar refractivity (Wildman–Crippen MR) is 234 cm³/mol. The zero-order valence-electron chi connectivity index (χ0n) is 36.5. The van der Waals surface area contributed by atoms with Crippen LogP contribution in [0.5, 0.6) is 0 Å². The quantitative estimate of drug-likeness (QED) is 0.0721. The average Bonchev–Trinajstić information content (AvgIpc) is 3.96. The van der Waals surface area contributed by atoms with Gasteiger partial charge in [0, 0.05) is 18.7 Å². The first kappa shape index (κ1) is 44.9. The fraction of sp³-hybridized carbons (Fsp3) is 0.435. The smallest absolute Gasteiger partial charge is 0.407 e. The van der Waals surface area contributed by atoms with Crippen molar-refractivity contribution in [1.82, 2.24) is 40.4 Å². The van der Waals surface area contributed by atoms with Crippen LogP contribution in [0.2, 0.25) is 0 Å². The molecule has 0 radical (unpaired) electrons. The maximum Gasteiger partial charge on any atom is 0.407 e. The first-order valence-electron chi connectivity index (χ1n) is 20.8. The summed E-state index contributed by atoms with van der Waals surface area (Å²) in [6.45, 7) is 16.5. The highest BCUT2D eigenvalue weighted by molar-refractivity contribution is 6.04. The largest absolute Gasteiger partial charge is 0.453 e. The summed E-state index contributed by atoms with van der Waals surface area (Å²) >= 11 is 0. The first-order chi connectivity index (χ1) is 28.7. The maximum absolute atomic E-state index is 13.8. The number of nitrogens with one attached hydrogen (secondary N) is 4. The highest BCUT2D eigenvalue weighted by Crippen LogP contribution is 2.36. The van der Waals surface area contributed by atoms with Crippen LogP contribution in [0, 0.1) is 11.8 Å². The molecule has 0 saturated carbocycles. The van der Waals surface area contributed by atoms with E-state index in [9.17, 15) is 19.2 Å². The summed E-state index contributed by atoms with van der Waals surface area (Å²) in [7, 11) is 2.57. The van der Waals surface area contributed by atoms with Crippen molar-refractivity contribution in [3.63, 3.8) is 0 Å². The van der Waals surface area contributed by atoms with Gasteiger partial charge in [-0.2, -0.15) is 0 Å². The fourth-order valence-corrected chi connectivity index (χ4v) is 7.52. The van der Waals surface area contributed by atoms with Gasteiger partial charge in [-0.25, -0.2) is 19.6 Å². The minimum atomic E-state index is -0.743. The van der Waals surface area contributed by atoms with Crippen molar-refractivity contribution in [3.8, 4) is 33.6 Å². The minimum absolute atomic E-state index is 0.141. The zero-order chi connectivity index (χ0) is 43.7. The number of hydrogen-bond donors (Lipinski definition) is 4. The van der Waals surface area contributed by atoms with Crippen LogP contribution < -0.4 is 10.6 Å². The number of aromatic nitrogens is 4. The molecular formula is C46H60N8O6. The molecule has 0 aliphatic carbocycles. The summed E-state index contributed by atoms with van der Waals surface area (Å²) in [6, 6.07) is 18.5. The molecule has 0 spiro atoms. The number of carbonyl (C=O) groups excluding carboxylic acids is 4. The van der Waals surface area contributed by atoms with Crippen molar-refractivity contribution in [2.24, 2.45) is 11.8 Å². The summed E-state index contributed by atoms with van der Waals surface area (Å²) < 4.78 is 9.58. The molecule has 4 N–H and O–H groups in total. The van der Waals surface area contributed by atoms with E-state index in [1.807, 2.05) is 73.7 Å². The Morgan fingerprint density at radius 2 is 1.02 bits per heavy atom. The first-order valence-corrected chi connectivity index (χ1v) is 20.8. The molecular weight excluding hydrogens is 761 g/mol. The molecule has 0 aliphatic heterocycles. The van der Waals surface area contributed by atoms with E-state index < -0.39 is 24.3 Å². The number of carbonyl (C=O) groups is 4. The molecule has 2 aromatic heterocycles. The van der Waals surface area contributed by atoms with E-state index in [2.05, 4.69) is 74.1 Å². The number of ether oxygens (including phenoxy) is 2. The van der Waals surface area contributed by atoms with E-state index in [4.69, 9.17) is 14.5 Å². The standard InChI is InChI=1S/C46H60N8O6/c1-11-23-53(43(55)39(27(3)4)51-45(57)59-9)29(7)41-47-25-37(49-41)32-19-17-31(18-20-32)33-21-22-36(35-16-14-13-15-34(33)35)38-26-48-42(50-38)30(8)54(24-12-2)44(56)40(28(5)6)52-46(58)60-10/h13-22,25-30,39-40H,11-12,23-24H2,1-10H3,(H,47,49)(H,48,50)(H,51,57)(H,52,58)/t29-,30-,39-,40-/m0/s1. The lowest BCUT2D eigenvalue weighted by molar-refractivity contribution is -0.137. The van der Waals surface area contributed by atoms with Gasteiger partial charge in [0.25, 0.3) is 0 Å². The van der Waals surface area contributed by atoms with E-state index in [1.165, 1.54) is 14.2 Å². The van der Waals surface area contributed by atoms with Gasteiger partial charge in [-0.1, -0.05) is 102 Å². The Hall–Kier alpha value is -6.18. The van der Waals surface area contributed by atoms with Crippen molar-refractivity contribution in [3.05, 3.63) is 84.7 Å². The molecule has 0 aliphatic rings. The van der Waals surface area contributed by atoms with Gasteiger partial charge in [0.1, 0.15) is 23.7 Å². The average molecular weight is 821 g/mol. The number of aromatic amines is 2. The number of fused-ring (bicyclic) bond motifs is 1. The lowest BCUT2D eigenvalue weighted by Crippen LogP contribution is -2.52. The second-order valence-electron chi connectivity index (χ2n) is 15.8. The maximum atomic E-state index is 13.8. The third kappa shape index (κ3) is 9.98. The zero-order valence-corrected chi connectivity index (χ0v) is 36.5. The Labute approximate surface area is 352 Å². The van der Waals surface area contributed by atoms with E-state index in [0.29, 0.717) is 24.7 Å². The molecule has 320 valence electrons. The topological polar surface area (TPSA) is 175 Å². The summed E-state index contributed by atoms with van der Waals surface area (Å²) in [5, 5.41) is 7.53. The van der Waals surface area contributed by atoms with Crippen LogP contribution in [-0.4, -0.2) is 93.1 Å². The molecule has 5 aromatic rings. The summed E-state index contributed by atoms with van der Waals surface area (Å²) in [4.78, 5) is 71.6. The van der Waals surface area contributed by atoms with Crippen LogP contribution >= 0.6 is 0 Å². The monoisotopic (exact) mass is 820 g/mol. The molecule has 14 nitrogen and oxygen atoms in total. The number of alkyl carbamates (subject to hydrolysis) is 2. The molecule has 4 atom stereocenters. The highest BCUT2D eigenvalue weighted by Gasteiger charge is 2.34. The van der Waals surface area contributed by atoms with Crippen molar-refractivity contribution in [1.29, 1.82) is 0 Å². The van der Waals surface area contributed by atoms with Crippen molar-refractivity contribution in [2.45, 2.75) is 92.4 Å². The highest BCUT2D eigenvalue weighted by atomic mass is 16.5. The predicted octanol–water partition coefficient (Wildman–Crippen LogP) is 8.65. The van der Waals surface area contributed by atoms with Crippen LogP contribution in [-0.2, 0) is 19.1 Å². The fourth-order valence-electron chi connectivity index (χ4n) is 7.52. The van der Waals surface area contributed by atoms with Gasteiger partial charge < -0.3 is 39.9 Å². The second kappa shape index (κ2) is 20.2. The third-order valence-corrected chi connectivity index (χ3v) is 10.9. The van der Waals surface area contributed by atoms with E-state index in [1.54, 1.807) is 16.0 Å². The SMILES string of the molecule is CCCN(C(=O)[C@@H](NC(=O)OC)C(C)C)[C@@H](C)c1ncc(-c2ccc(-c3ccc(-c4cnc([C@H](C)N(CCC)C(=O)[C@@H](NC(=O)OC)C(C)C)[nH]4)c4ccccc34)cc2)[nH]1. The molecule has 3 aromatic carbocycles. The number of H-pyrrole nitrogens is 2. The van der Waals surface area contributed by atoms with Gasteiger partial charge in [0.15, 0.2) is 0 Å². The van der Waals surface area contributed by atoms with Gasteiger partial charge >= 0.3 is 12.2 Å². The van der Waals surface area contributed by atoms with E-state index in [-0.39, 0.29) is 35.7 Å². The summed E-state index contributed by atoms with van der Waals surface area (Å²) in [6.07, 6.45) is 3.78. The molecule has 0 bridgehead atoms. The Morgan fingerprint density at radius 3 is 1.47 bits per heavy atom. The molecule has 0 fully saturated rings. The van der Waals surface area contributed by atoms with Gasteiger partial charge in [-0.05, 0) is 66.0 Å². The lowest BCUT2D eigenvalue weighted by Gasteiger charge is -2.33. The molecule has 4 amide bonds. The molecule has 5 rings (SSSR count). The molecule has 0 saturated heterocycles. The third-order valence-electron chi connectivity index (χ3n) is 10.9. The van der Waals surface area contributed by atoms with Gasteiger partial charge in [0.2, 0.25) is 11.8 Å². The Bertz CT molecular complexity index is 2250. The normalized spacial score (nSPS) is 13.4. The minimum Gasteiger partial charge on any atom is -0.453 e. The van der Waals surface area contributed by atoms with Crippen molar-refractivity contribution in [2.75, 3.05) is 27.3 Å². The van der Waals surface area contributed by atoms with E-state index in [0.717, 1.165) is 57.3 Å². The van der Waals surface area contributed by atoms with Crippen LogP contribution in [0.3, 0.4) is 0 Å². The number of amides is 4. The van der Waals surface area contributed by atoms with Crippen LogP contribution in [0.25, 0.3) is 44.4 Å². The lowest BCUT2D eigenvalue weighted by atomic mass is 9.93. The Morgan fingerprint density at radius 1 is 0.600 bits per heavy atom. The van der Waals surface area contributed by atoms with Gasteiger partial charge in [-0.3, -0.25) is 9.59 Å².